The van der Waals surface area contributed by atoms with E-state index in [0.717, 1.165) is 43.6 Å². The molecule has 0 saturated heterocycles. The minimum Gasteiger partial charge on any atom is -1.00 e. The zero-order valence-corrected chi connectivity index (χ0v) is 33.3. The second kappa shape index (κ2) is 18.2. The van der Waals surface area contributed by atoms with Crippen LogP contribution in [0.1, 0.15) is 73.6 Å². The molecule has 0 saturated carbocycles. The number of fused-ring (bicyclic) bond motifs is 4. The Hall–Kier alpha value is -4.00. The Labute approximate surface area is 335 Å². The zero-order valence-electron chi connectivity index (χ0n) is 32.3. The molecule has 2 aliphatic carbocycles. The molecule has 3 atom stereocenters. The summed E-state index contributed by atoms with van der Waals surface area (Å²) in [6.45, 7) is 4.52. The first kappa shape index (κ1) is 39.2. The molecule has 0 unspecified atom stereocenters. The summed E-state index contributed by atoms with van der Waals surface area (Å²) in [4.78, 5) is 0. The van der Waals surface area contributed by atoms with E-state index in [9.17, 15) is 0 Å². The van der Waals surface area contributed by atoms with Crippen molar-refractivity contribution in [3.05, 3.63) is 160 Å². The molecule has 6 aromatic rings. The van der Waals surface area contributed by atoms with Crippen LogP contribution in [0.2, 0.25) is 0 Å². The fourth-order valence-electron chi connectivity index (χ4n) is 7.97. The summed E-state index contributed by atoms with van der Waals surface area (Å²) in [5, 5.41) is 12.9. The molecule has 3 radical (unpaired) electrons. The van der Waals surface area contributed by atoms with Crippen molar-refractivity contribution in [1.82, 2.24) is 10.6 Å². The van der Waals surface area contributed by atoms with Crippen LogP contribution in [-0.4, -0.2) is 28.7 Å². The van der Waals surface area contributed by atoms with Crippen molar-refractivity contribution in [3.8, 4) is 11.5 Å². The Morgan fingerprint density at radius 1 is 0.615 bits per heavy atom. The minimum atomic E-state index is 0. The average molecular weight is 696 g/mol. The number of methoxy groups -OCH3 is 2. The molecule has 0 bridgehead atoms. The van der Waals surface area contributed by atoms with Crippen LogP contribution in [0.5, 0.6) is 11.5 Å². The molecule has 6 aromatic carbocycles. The maximum atomic E-state index is 5.53. The van der Waals surface area contributed by atoms with E-state index in [2.05, 4.69) is 146 Å². The molecule has 52 heavy (non-hydrogen) atoms. The van der Waals surface area contributed by atoms with Crippen molar-refractivity contribution in [3.63, 3.8) is 0 Å². The fraction of sp³-hybridized carbons (Fsp3) is 0.261. The van der Waals surface area contributed by atoms with Crippen LogP contribution in [0.25, 0.3) is 27.6 Å². The minimum absolute atomic E-state index is 0. The molecule has 6 heteroatoms. The topological polar surface area (TPSA) is 42.5 Å². The van der Waals surface area contributed by atoms with E-state index in [-0.39, 0.29) is 45.4 Å². The number of ether oxygens (including phenoxy) is 2. The summed E-state index contributed by atoms with van der Waals surface area (Å²) < 4.78 is 11.0. The van der Waals surface area contributed by atoms with Crippen LogP contribution in [0, 0.1) is 0 Å². The van der Waals surface area contributed by atoms with Crippen LogP contribution in [-0.2, 0) is 19.3 Å². The van der Waals surface area contributed by atoms with E-state index in [1.807, 2.05) is 6.07 Å². The normalized spacial score (nSPS) is 15.6. The first-order valence-corrected chi connectivity index (χ1v) is 18.0. The number of nitrogens with one attached hydrogen (secondary N) is 2. The number of hydrogen-bond donors (Lipinski definition) is 2. The second-order valence-electron chi connectivity index (χ2n) is 13.6. The molecular formula is C46H49BN2NaO2. The Morgan fingerprint density at radius 2 is 1.17 bits per heavy atom. The van der Waals surface area contributed by atoms with Gasteiger partial charge < -0.3 is 21.5 Å². The van der Waals surface area contributed by atoms with Crippen molar-refractivity contribution >= 4 is 36.0 Å². The van der Waals surface area contributed by atoms with Gasteiger partial charge in [0, 0.05) is 37.8 Å². The third-order valence-electron chi connectivity index (χ3n) is 10.5. The van der Waals surface area contributed by atoms with Gasteiger partial charge in [-0.25, -0.2) is 0 Å². The van der Waals surface area contributed by atoms with E-state index in [1.165, 1.54) is 60.6 Å². The van der Waals surface area contributed by atoms with Gasteiger partial charge in [-0.15, -0.1) is 0 Å². The molecule has 2 aliphatic rings. The number of allylic oxidation sites excluding steroid dienone is 1. The zero-order chi connectivity index (χ0) is 34.5. The van der Waals surface area contributed by atoms with E-state index < -0.39 is 0 Å². The van der Waals surface area contributed by atoms with Gasteiger partial charge in [0.2, 0.25) is 0 Å². The maximum absolute atomic E-state index is 5.53. The predicted molar refractivity (Wildman–Crippen MR) is 216 cm³/mol. The summed E-state index contributed by atoms with van der Waals surface area (Å²) in [7, 11) is 3.51. The Morgan fingerprint density at radius 3 is 1.83 bits per heavy atom. The molecule has 0 aliphatic heterocycles. The molecule has 8 rings (SSSR count). The smallest absolute Gasteiger partial charge is 1.00 e. The summed E-state index contributed by atoms with van der Waals surface area (Å²) in [5.41, 5.74) is 9.41. The fourth-order valence-corrected chi connectivity index (χ4v) is 7.97. The summed E-state index contributed by atoms with van der Waals surface area (Å²) >= 11 is 0. The average Bonchev–Trinajstić information content (AvgIpc) is 3.17. The molecule has 0 spiro atoms. The Kier molecular flexibility index (Phi) is 13.7. The van der Waals surface area contributed by atoms with Crippen molar-refractivity contribution in [2.24, 2.45) is 0 Å². The largest absolute Gasteiger partial charge is 1.00 e. The Balaban J connectivity index is 0.000000224. The van der Waals surface area contributed by atoms with Gasteiger partial charge in [-0.05, 0) is 114 Å². The van der Waals surface area contributed by atoms with Gasteiger partial charge in [0.05, 0.1) is 14.2 Å². The Bertz CT molecular complexity index is 2140. The van der Waals surface area contributed by atoms with E-state index in [0.29, 0.717) is 12.1 Å². The van der Waals surface area contributed by atoms with Crippen LogP contribution in [0.3, 0.4) is 0 Å². The number of hydrogen-bond acceptors (Lipinski definition) is 4. The second-order valence-corrected chi connectivity index (χ2v) is 13.6. The predicted octanol–water partition coefficient (Wildman–Crippen LogP) is 7.28. The van der Waals surface area contributed by atoms with Crippen LogP contribution in [0.4, 0.5) is 0 Å². The third-order valence-corrected chi connectivity index (χ3v) is 10.5. The SMILES string of the molecule is COc1cccc2c1CCC(N[C@H](C)c1cccc3ccccc13)=C2.COc1cccc2c1CC[C@H](N[C@H](C)c1cccc3ccccc13)C2.[B].[H-].[Na+]. The van der Waals surface area contributed by atoms with Crippen LogP contribution in [0.15, 0.2) is 127 Å². The summed E-state index contributed by atoms with van der Waals surface area (Å²) in [6.07, 6.45) is 7.61. The molecule has 0 heterocycles. The molecule has 4 nitrogen and oxygen atoms in total. The van der Waals surface area contributed by atoms with E-state index in [4.69, 9.17) is 9.47 Å². The van der Waals surface area contributed by atoms with Crippen molar-refractivity contribution in [2.75, 3.05) is 14.2 Å². The molecule has 2 N–H and O–H groups in total. The van der Waals surface area contributed by atoms with Gasteiger partial charge in [0.25, 0.3) is 0 Å². The van der Waals surface area contributed by atoms with Gasteiger partial charge in [-0.3, -0.25) is 0 Å². The third kappa shape index (κ3) is 8.61. The van der Waals surface area contributed by atoms with Gasteiger partial charge in [-0.2, -0.15) is 0 Å². The first-order chi connectivity index (χ1) is 24.5. The molecule has 0 aromatic heterocycles. The molecule has 259 valence electrons. The van der Waals surface area contributed by atoms with Gasteiger partial charge in [0.15, 0.2) is 0 Å². The van der Waals surface area contributed by atoms with Gasteiger partial charge in [0.1, 0.15) is 11.5 Å². The quantitative estimate of drug-likeness (QED) is 0.165. The van der Waals surface area contributed by atoms with Gasteiger partial charge in [-0.1, -0.05) is 109 Å². The molecule has 0 amide bonds. The monoisotopic (exact) mass is 695 g/mol. The van der Waals surface area contributed by atoms with Crippen molar-refractivity contribution < 1.29 is 40.5 Å². The van der Waals surface area contributed by atoms with Crippen LogP contribution < -0.4 is 49.7 Å². The first-order valence-electron chi connectivity index (χ1n) is 18.0. The van der Waals surface area contributed by atoms with Crippen molar-refractivity contribution in [2.45, 2.75) is 64.1 Å². The summed E-state index contributed by atoms with van der Waals surface area (Å²) in [6, 6.07) is 44.2. The van der Waals surface area contributed by atoms with Crippen molar-refractivity contribution in [1.29, 1.82) is 0 Å². The standard InChI is InChI=1S/C23H25NO.C23H23NO.B.Na.H/c2*1-16(20-11-5-8-17-7-3-4-10-21(17)20)24-19-13-14-22-18(15-19)9-6-12-23(22)25-2;;;/h3-12,16,19,24H,13-15H2,1-2H3;3-12,15-16,24H,13-14H2,1-2H3;;;/q;;;+1;-1/t16-,19+;16-;;;/m11.../s1. The number of benzene rings is 6. The summed E-state index contributed by atoms with van der Waals surface area (Å²) in [5.74, 6) is 2.04. The molecule has 0 fully saturated rings. The number of rotatable bonds is 8. The van der Waals surface area contributed by atoms with E-state index in [1.54, 1.807) is 14.2 Å². The van der Waals surface area contributed by atoms with E-state index >= 15 is 0 Å². The molecular weight excluding hydrogens is 646 g/mol. The van der Waals surface area contributed by atoms with Gasteiger partial charge >= 0.3 is 29.6 Å². The maximum Gasteiger partial charge on any atom is 1.00 e. The van der Waals surface area contributed by atoms with Crippen LogP contribution >= 0.6 is 0 Å².